The van der Waals surface area contributed by atoms with E-state index in [4.69, 9.17) is 20.7 Å². The number of carbonyl (C=O) groups is 7. The van der Waals surface area contributed by atoms with Gasteiger partial charge in [-0.25, -0.2) is 0 Å². The van der Waals surface area contributed by atoms with Gasteiger partial charge in [0.2, 0.25) is 23.4 Å². The van der Waals surface area contributed by atoms with Gasteiger partial charge in [-0.2, -0.15) is 11.8 Å². The van der Waals surface area contributed by atoms with E-state index in [1.54, 1.807) is 32.9 Å². The molecule has 228 valence electrons. The number of hydrogen-bond acceptors (Lipinski definition) is 10. The first-order chi connectivity index (χ1) is 19.5. The van der Waals surface area contributed by atoms with Crippen LogP contribution < -0.4 is 21.1 Å². The number of rotatable bonds is 12. The van der Waals surface area contributed by atoms with Crippen LogP contribution in [0.5, 0.6) is 5.75 Å². The van der Waals surface area contributed by atoms with E-state index in [0.717, 1.165) is 11.8 Å². The fourth-order valence-electron chi connectivity index (χ4n) is 5.82. The van der Waals surface area contributed by atoms with Crippen LogP contribution in [0.25, 0.3) is 0 Å². The Morgan fingerprint density at radius 3 is 2.40 bits per heavy atom. The molecule has 3 rings (SSSR count). The predicted octanol–water partition coefficient (Wildman–Crippen LogP) is 0.313. The second kappa shape index (κ2) is 12.6. The Balaban J connectivity index is 1.96. The third-order valence-electron chi connectivity index (χ3n) is 8.15. The lowest BCUT2D eigenvalue weighted by Gasteiger charge is -2.55. The first-order valence-corrected chi connectivity index (χ1v) is 14.3. The van der Waals surface area contributed by atoms with Crippen LogP contribution in [0.4, 0.5) is 0 Å². The maximum absolute atomic E-state index is 13.5. The molecule has 0 bridgehead atoms. The summed E-state index contributed by atoms with van der Waals surface area (Å²) in [6.45, 7) is 4.37. The molecule has 14 heteroatoms. The second-order valence-electron chi connectivity index (χ2n) is 11.2. The monoisotopic (exact) mass is 605 g/mol. The second-order valence-corrected chi connectivity index (χ2v) is 12.4. The molecule has 42 heavy (non-hydrogen) atoms. The van der Waals surface area contributed by atoms with Crippen LogP contribution in [0, 0.1) is 11.3 Å². The molecule has 1 aromatic rings. The Bertz CT molecular complexity index is 1330. The van der Waals surface area contributed by atoms with Crippen LogP contribution in [0.2, 0.25) is 0 Å². The number of Topliss-reactive ketones (excluding diaryl/α,β-unsaturated/α-hetero) is 3. The fourth-order valence-corrected chi connectivity index (χ4v) is 7.35. The van der Waals surface area contributed by atoms with Crippen LogP contribution >= 0.6 is 11.8 Å². The average molecular weight is 606 g/mol. The highest BCUT2D eigenvalue weighted by Crippen LogP contribution is 2.58. The van der Waals surface area contributed by atoms with Crippen LogP contribution in [0.1, 0.15) is 56.0 Å². The Morgan fingerprint density at radius 2 is 1.81 bits per heavy atom. The molecule has 0 spiro atoms. The number of hydrogen-bond donors (Lipinski definition) is 5. The van der Waals surface area contributed by atoms with Gasteiger partial charge >= 0.3 is 11.9 Å². The smallest absolute Gasteiger partial charge is 0.322 e. The summed E-state index contributed by atoms with van der Waals surface area (Å²) in [6, 6.07) is 2.22. The maximum atomic E-state index is 13.5. The minimum absolute atomic E-state index is 0.00629. The predicted molar refractivity (Wildman–Crippen MR) is 150 cm³/mol. The number of carboxylic acid groups (broad SMARTS) is 2. The van der Waals surface area contributed by atoms with Crippen LogP contribution in [-0.2, 0) is 34.2 Å². The van der Waals surface area contributed by atoms with Crippen molar-refractivity contribution >= 4 is 52.9 Å². The molecule has 0 aliphatic heterocycles. The van der Waals surface area contributed by atoms with Gasteiger partial charge in [0, 0.05) is 46.2 Å². The zero-order valence-corrected chi connectivity index (χ0v) is 24.5. The molecule has 2 amide bonds. The number of ether oxygens (including phenoxy) is 1. The topological polar surface area (TPSA) is 219 Å². The minimum atomic E-state index is -1.31. The number of ketones is 3. The average Bonchev–Trinajstić information content (AvgIpc) is 2.93. The van der Waals surface area contributed by atoms with E-state index in [1.165, 1.54) is 13.2 Å². The van der Waals surface area contributed by atoms with Gasteiger partial charge < -0.3 is 31.3 Å². The first kappa shape index (κ1) is 32.7. The van der Waals surface area contributed by atoms with Gasteiger partial charge in [-0.15, -0.1) is 0 Å². The van der Waals surface area contributed by atoms with Crippen LogP contribution in [-0.4, -0.2) is 88.1 Å². The van der Waals surface area contributed by atoms with E-state index in [1.807, 2.05) is 0 Å². The molecule has 0 aromatic heterocycles. The zero-order chi connectivity index (χ0) is 31.6. The molecule has 0 heterocycles. The molecule has 0 saturated heterocycles. The molecule has 5 unspecified atom stereocenters. The molecule has 5 atom stereocenters. The Labute approximate surface area is 246 Å². The number of benzene rings is 1. The van der Waals surface area contributed by atoms with Crippen LogP contribution in [0.15, 0.2) is 18.2 Å². The van der Waals surface area contributed by atoms with E-state index >= 15 is 0 Å². The van der Waals surface area contributed by atoms with Crippen molar-refractivity contribution in [2.24, 2.45) is 17.1 Å². The molecule has 1 saturated carbocycles. The number of aliphatic carboxylic acids is 2. The number of amides is 2. The van der Waals surface area contributed by atoms with E-state index in [2.05, 4.69) is 10.6 Å². The number of carbonyl (C=O) groups excluding carboxylic acids is 5. The van der Waals surface area contributed by atoms with Gasteiger partial charge in [-0.3, -0.25) is 33.6 Å². The van der Waals surface area contributed by atoms with Gasteiger partial charge in [0.1, 0.15) is 30.2 Å². The molecule has 1 aromatic carbocycles. The third-order valence-corrected chi connectivity index (χ3v) is 9.73. The number of carboxylic acids is 2. The summed E-state index contributed by atoms with van der Waals surface area (Å²) in [5, 5.41) is 22.1. The summed E-state index contributed by atoms with van der Waals surface area (Å²) in [7, 11) is 1.46. The minimum Gasteiger partial charge on any atom is -0.497 e. The highest BCUT2D eigenvalue weighted by molar-refractivity contribution is 8.00. The van der Waals surface area contributed by atoms with Crippen molar-refractivity contribution < 1.29 is 48.5 Å². The van der Waals surface area contributed by atoms with Crippen molar-refractivity contribution in [3.8, 4) is 5.75 Å². The molecule has 13 nitrogen and oxygen atoms in total. The number of nitrogens with one attached hydrogen (secondary N) is 2. The zero-order valence-electron chi connectivity index (χ0n) is 23.7. The fraction of sp³-hybridized carbons (Fsp3) is 0.536. The summed E-state index contributed by atoms with van der Waals surface area (Å²) < 4.78 is 5.39. The summed E-state index contributed by atoms with van der Waals surface area (Å²) >= 11 is 1.14. The molecule has 2 aliphatic rings. The molecular formula is C28H35N3O10S. The summed E-state index contributed by atoms with van der Waals surface area (Å²) in [4.78, 5) is 87.6. The van der Waals surface area contributed by atoms with Crippen molar-refractivity contribution in [2.45, 2.75) is 62.8 Å². The van der Waals surface area contributed by atoms with Gasteiger partial charge in [0.05, 0.1) is 7.11 Å². The lowest BCUT2D eigenvalue weighted by atomic mass is 9.49. The molecular weight excluding hydrogens is 570 g/mol. The van der Waals surface area contributed by atoms with E-state index in [9.17, 15) is 33.6 Å². The van der Waals surface area contributed by atoms with Crippen molar-refractivity contribution in [1.29, 1.82) is 0 Å². The summed E-state index contributed by atoms with van der Waals surface area (Å²) in [5.41, 5.74) is 3.97. The molecule has 1 fully saturated rings. The first-order valence-electron chi connectivity index (χ1n) is 13.2. The SMILES string of the molecule is COc1ccc2c(c1)C1(C)C(SCC(NC(=O)CCC(N)C(=O)O)C(=O)NCC(=O)O)CC(=O)C(C)(C)C1C(=O)C2=O. The Kier molecular flexibility index (Phi) is 9.83. The lowest BCUT2D eigenvalue weighted by molar-refractivity contribution is -0.143. The van der Waals surface area contributed by atoms with Crippen molar-refractivity contribution in [3.05, 3.63) is 29.3 Å². The van der Waals surface area contributed by atoms with Crippen molar-refractivity contribution in [3.63, 3.8) is 0 Å². The number of thioether (sulfide) groups is 1. The normalized spacial score (nSPS) is 24.1. The molecule has 0 radical (unpaired) electrons. The van der Waals surface area contributed by atoms with E-state index in [0.29, 0.717) is 11.3 Å². The van der Waals surface area contributed by atoms with Gasteiger partial charge in [-0.05, 0) is 30.2 Å². The van der Waals surface area contributed by atoms with Crippen LogP contribution in [0.3, 0.4) is 0 Å². The van der Waals surface area contributed by atoms with E-state index < -0.39 is 75.9 Å². The largest absolute Gasteiger partial charge is 0.497 e. The van der Waals surface area contributed by atoms with Gasteiger partial charge in [0.25, 0.3) is 0 Å². The third kappa shape index (κ3) is 6.33. The highest BCUT2D eigenvalue weighted by atomic mass is 32.2. The summed E-state index contributed by atoms with van der Waals surface area (Å²) in [5.74, 6) is -6.38. The number of fused-ring (bicyclic) bond motifs is 3. The summed E-state index contributed by atoms with van der Waals surface area (Å²) in [6.07, 6.45) is -0.507. The van der Waals surface area contributed by atoms with E-state index in [-0.39, 0.29) is 36.4 Å². The molecule has 2 aliphatic carbocycles. The molecule has 6 N–H and O–H groups in total. The Morgan fingerprint density at radius 1 is 1.14 bits per heavy atom. The van der Waals surface area contributed by atoms with Crippen molar-refractivity contribution in [2.75, 3.05) is 19.4 Å². The number of methoxy groups -OCH3 is 1. The van der Waals surface area contributed by atoms with Gasteiger partial charge in [-0.1, -0.05) is 20.8 Å². The standard InChI is InChI=1S/C28H35N3O10S/c1-27(2)18(32)10-19(28(3)15-9-13(41-4)5-6-14(15)22(36)23(37)24(27)28)42-12-17(25(38)30-11-21(34)35)31-20(33)8-7-16(29)26(39)40/h5-6,9,16-17,19,24H,7-8,10-12,29H2,1-4H3,(H,30,38)(H,31,33)(H,34,35)(H,39,40). The quantitative estimate of drug-likeness (QED) is 0.203. The highest BCUT2D eigenvalue weighted by Gasteiger charge is 2.63. The lowest BCUT2D eigenvalue weighted by Crippen LogP contribution is -2.63. The van der Waals surface area contributed by atoms with Gasteiger partial charge in [0.15, 0.2) is 0 Å². The van der Waals surface area contributed by atoms with Crippen molar-refractivity contribution in [1.82, 2.24) is 10.6 Å². The number of nitrogens with two attached hydrogens (primary N) is 1. The maximum Gasteiger partial charge on any atom is 0.322 e. The Hall–Kier alpha value is -3.78.